The molecule has 3 aliphatic heterocycles. The molecule has 9 heteroatoms. The molecular formula is C27H33N3O6. The number of nitrogens with one attached hydrogen (secondary N) is 1. The van der Waals surface area contributed by atoms with Gasteiger partial charge in [-0.25, -0.2) is 9.59 Å². The standard InChI is InChI=1S/C27H33N3O6/c31-23-12-6-4-2-1-3-5-11-20-14-27(20,25(33)34)28-24(32)22-13-21(17-30(22)23)36-26(35)29-15-18-9-7-8-10-19(18)16-29/h5,7-11,20-22H,1-4,6,12-17H2,(H,28,32)(H,33,34). The minimum absolute atomic E-state index is 0.132. The van der Waals surface area contributed by atoms with Crippen molar-refractivity contribution in [3.05, 3.63) is 47.5 Å². The molecule has 2 fully saturated rings. The van der Waals surface area contributed by atoms with Gasteiger partial charge in [-0.1, -0.05) is 49.3 Å². The molecule has 1 aromatic rings. The van der Waals surface area contributed by atoms with Crippen LogP contribution in [0.25, 0.3) is 0 Å². The van der Waals surface area contributed by atoms with Gasteiger partial charge in [0, 0.05) is 31.8 Å². The van der Waals surface area contributed by atoms with Crippen LogP contribution in [-0.4, -0.2) is 63.0 Å². The van der Waals surface area contributed by atoms with Gasteiger partial charge in [-0.05, 0) is 36.8 Å². The van der Waals surface area contributed by atoms with Crippen LogP contribution in [0.15, 0.2) is 36.4 Å². The number of aliphatic carboxylic acids is 1. The van der Waals surface area contributed by atoms with Crippen LogP contribution in [0.3, 0.4) is 0 Å². The number of ether oxygens (including phenoxy) is 1. The predicted octanol–water partition coefficient (Wildman–Crippen LogP) is 2.98. The highest BCUT2D eigenvalue weighted by molar-refractivity contribution is 5.94. The van der Waals surface area contributed by atoms with E-state index in [1.54, 1.807) is 4.90 Å². The molecule has 4 atom stereocenters. The van der Waals surface area contributed by atoms with Crippen molar-refractivity contribution in [3.8, 4) is 0 Å². The van der Waals surface area contributed by atoms with E-state index in [0.29, 0.717) is 25.9 Å². The summed E-state index contributed by atoms with van der Waals surface area (Å²) in [6.45, 7) is 1.06. The molecule has 1 saturated carbocycles. The van der Waals surface area contributed by atoms with Crippen LogP contribution >= 0.6 is 0 Å². The number of hydrogen-bond donors (Lipinski definition) is 2. The van der Waals surface area contributed by atoms with Crippen molar-refractivity contribution in [2.24, 2.45) is 5.92 Å². The summed E-state index contributed by atoms with van der Waals surface area (Å²) in [6, 6.07) is 6.97. The highest BCUT2D eigenvalue weighted by Gasteiger charge is 2.61. The monoisotopic (exact) mass is 495 g/mol. The summed E-state index contributed by atoms with van der Waals surface area (Å²) in [4.78, 5) is 54.5. The number of amides is 3. The van der Waals surface area contributed by atoms with E-state index in [0.717, 1.165) is 43.2 Å². The molecule has 9 nitrogen and oxygen atoms in total. The van der Waals surface area contributed by atoms with E-state index in [2.05, 4.69) is 5.32 Å². The fraction of sp³-hybridized carbons (Fsp3) is 0.556. The molecule has 1 aliphatic carbocycles. The van der Waals surface area contributed by atoms with Crippen LogP contribution in [0.1, 0.15) is 62.5 Å². The Morgan fingerprint density at radius 3 is 2.50 bits per heavy atom. The Bertz CT molecular complexity index is 1060. The van der Waals surface area contributed by atoms with Gasteiger partial charge in [0.2, 0.25) is 11.8 Å². The zero-order valence-corrected chi connectivity index (χ0v) is 20.4. The molecule has 4 unspecified atom stereocenters. The van der Waals surface area contributed by atoms with Gasteiger partial charge >= 0.3 is 12.1 Å². The topological polar surface area (TPSA) is 116 Å². The molecule has 1 saturated heterocycles. The van der Waals surface area contributed by atoms with Gasteiger partial charge in [-0.2, -0.15) is 0 Å². The molecule has 5 rings (SSSR count). The maximum absolute atomic E-state index is 13.3. The number of carboxylic acid groups (broad SMARTS) is 1. The largest absolute Gasteiger partial charge is 0.479 e. The second-order valence-electron chi connectivity index (χ2n) is 10.4. The lowest BCUT2D eigenvalue weighted by Crippen LogP contribution is -2.53. The molecule has 192 valence electrons. The number of benzene rings is 1. The van der Waals surface area contributed by atoms with Gasteiger partial charge in [-0.3, -0.25) is 14.5 Å². The number of rotatable bonds is 2. The first-order chi connectivity index (χ1) is 17.4. The number of fused-ring (bicyclic) bond motifs is 3. The third-order valence-electron chi connectivity index (χ3n) is 7.87. The van der Waals surface area contributed by atoms with Gasteiger partial charge < -0.3 is 20.1 Å². The van der Waals surface area contributed by atoms with Crippen molar-refractivity contribution in [2.45, 2.75) is 82.1 Å². The Labute approximate surface area is 210 Å². The van der Waals surface area contributed by atoms with E-state index in [9.17, 15) is 24.3 Å². The van der Waals surface area contributed by atoms with Crippen molar-refractivity contribution in [1.82, 2.24) is 15.1 Å². The molecule has 1 aromatic carbocycles. The summed E-state index contributed by atoms with van der Waals surface area (Å²) in [5.41, 5.74) is 0.823. The third-order valence-corrected chi connectivity index (χ3v) is 7.87. The van der Waals surface area contributed by atoms with E-state index in [4.69, 9.17) is 4.74 Å². The number of carboxylic acids is 1. The molecule has 0 aromatic heterocycles. The second-order valence-corrected chi connectivity index (χ2v) is 10.4. The van der Waals surface area contributed by atoms with Crippen LogP contribution in [-0.2, 0) is 32.2 Å². The first kappa shape index (κ1) is 24.3. The number of hydrogen-bond acceptors (Lipinski definition) is 5. The second kappa shape index (κ2) is 9.95. The highest BCUT2D eigenvalue weighted by atomic mass is 16.6. The van der Waals surface area contributed by atoms with Crippen LogP contribution in [0.5, 0.6) is 0 Å². The Morgan fingerprint density at radius 2 is 1.78 bits per heavy atom. The number of carbonyl (C=O) groups excluding carboxylic acids is 3. The van der Waals surface area contributed by atoms with Gasteiger partial charge in [0.1, 0.15) is 17.7 Å². The number of carbonyl (C=O) groups is 4. The Kier molecular flexibility index (Phi) is 6.73. The first-order valence-corrected chi connectivity index (χ1v) is 12.9. The summed E-state index contributed by atoms with van der Waals surface area (Å²) in [5, 5.41) is 12.6. The third kappa shape index (κ3) is 4.83. The van der Waals surface area contributed by atoms with Gasteiger partial charge in [0.15, 0.2) is 0 Å². The van der Waals surface area contributed by atoms with Gasteiger partial charge in [-0.15, -0.1) is 0 Å². The molecule has 0 spiro atoms. The van der Waals surface area contributed by atoms with Crippen molar-refractivity contribution in [2.75, 3.05) is 6.54 Å². The smallest absolute Gasteiger partial charge is 0.410 e. The SMILES string of the molecule is O=C1NC2(C(=O)O)CC2C=CCCCCCCC(=O)N2CC(OC(=O)N3Cc4ccccc4C3)CC12. The summed E-state index contributed by atoms with van der Waals surface area (Å²) in [7, 11) is 0. The summed E-state index contributed by atoms with van der Waals surface area (Å²) in [6.07, 6.45) is 8.07. The lowest BCUT2D eigenvalue weighted by Gasteiger charge is -2.25. The quantitative estimate of drug-likeness (QED) is 0.610. The van der Waals surface area contributed by atoms with E-state index < -0.39 is 35.7 Å². The average molecular weight is 496 g/mol. The molecule has 4 aliphatic rings. The zero-order valence-electron chi connectivity index (χ0n) is 20.4. The average Bonchev–Trinajstić information content (AvgIpc) is 3.18. The summed E-state index contributed by atoms with van der Waals surface area (Å²) in [5.74, 6) is -1.99. The van der Waals surface area contributed by atoms with Crippen molar-refractivity contribution in [1.29, 1.82) is 0 Å². The fourth-order valence-corrected chi connectivity index (χ4v) is 5.65. The molecule has 0 bridgehead atoms. The predicted molar refractivity (Wildman–Crippen MR) is 130 cm³/mol. The van der Waals surface area contributed by atoms with Gasteiger partial charge in [0.25, 0.3) is 0 Å². The Hall–Kier alpha value is -3.36. The minimum atomic E-state index is -1.33. The van der Waals surface area contributed by atoms with E-state index in [1.165, 1.54) is 4.90 Å². The van der Waals surface area contributed by atoms with E-state index in [-0.39, 0.29) is 24.8 Å². The normalized spacial score (nSPS) is 30.4. The maximum Gasteiger partial charge on any atom is 0.410 e. The Morgan fingerprint density at radius 1 is 1.06 bits per heavy atom. The molecule has 3 heterocycles. The summed E-state index contributed by atoms with van der Waals surface area (Å²) >= 11 is 0. The molecule has 36 heavy (non-hydrogen) atoms. The number of allylic oxidation sites excluding steroid dienone is 1. The van der Waals surface area contributed by atoms with E-state index in [1.807, 2.05) is 36.4 Å². The maximum atomic E-state index is 13.3. The lowest BCUT2D eigenvalue weighted by molar-refractivity contribution is -0.145. The zero-order chi connectivity index (χ0) is 25.3. The summed E-state index contributed by atoms with van der Waals surface area (Å²) < 4.78 is 5.76. The van der Waals surface area contributed by atoms with Crippen LogP contribution < -0.4 is 5.32 Å². The minimum Gasteiger partial charge on any atom is -0.479 e. The van der Waals surface area contributed by atoms with Crippen molar-refractivity contribution >= 4 is 23.9 Å². The molecule has 0 radical (unpaired) electrons. The van der Waals surface area contributed by atoms with Crippen molar-refractivity contribution < 1.29 is 29.0 Å². The molecular weight excluding hydrogens is 462 g/mol. The fourth-order valence-electron chi connectivity index (χ4n) is 5.65. The highest BCUT2D eigenvalue weighted by Crippen LogP contribution is 2.45. The van der Waals surface area contributed by atoms with Crippen LogP contribution in [0.2, 0.25) is 0 Å². The van der Waals surface area contributed by atoms with Gasteiger partial charge in [0.05, 0.1) is 6.54 Å². The molecule has 2 N–H and O–H groups in total. The van der Waals surface area contributed by atoms with Crippen molar-refractivity contribution in [3.63, 3.8) is 0 Å². The molecule has 3 amide bonds. The first-order valence-electron chi connectivity index (χ1n) is 12.9. The Balaban J connectivity index is 1.29. The van der Waals surface area contributed by atoms with Crippen LogP contribution in [0, 0.1) is 5.92 Å². The number of nitrogens with zero attached hydrogens (tertiary/aromatic N) is 2. The van der Waals surface area contributed by atoms with E-state index >= 15 is 0 Å². The van der Waals surface area contributed by atoms with Crippen LogP contribution in [0.4, 0.5) is 4.79 Å². The lowest BCUT2D eigenvalue weighted by atomic mass is 10.1.